The minimum Gasteiger partial charge on any atom is -0.380 e. The summed E-state index contributed by atoms with van der Waals surface area (Å²) in [5.41, 5.74) is 7.33. The van der Waals surface area contributed by atoms with Gasteiger partial charge in [-0.25, -0.2) is 0 Å². The predicted molar refractivity (Wildman–Crippen MR) is 69.9 cm³/mol. The van der Waals surface area contributed by atoms with Crippen LogP contribution in [0.4, 0.5) is 0 Å². The molecule has 4 heteroatoms. The molecule has 1 fully saturated rings. The molecule has 0 spiro atoms. The number of halogens is 1. The van der Waals surface area contributed by atoms with E-state index in [1.54, 1.807) is 0 Å². The summed E-state index contributed by atoms with van der Waals surface area (Å²) in [5, 5.41) is 1.20. The Bertz CT molecular complexity index is 330. The summed E-state index contributed by atoms with van der Waals surface area (Å²) in [5.74, 6) is 0.971. The predicted octanol–water partition coefficient (Wildman–Crippen LogP) is 2.69. The minimum atomic E-state index is 0.269. The van der Waals surface area contributed by atoms with Gasteiger partial charge >= 0.3 is 0 Å². The number of thioether (sulfide) groups is 1. The standard InChI is InChI=1S/C12H16ClNOS/c13-10-3-1-9(2-4-10)8-16-12-7-15-6-5-11(12)14/h1-4,11-12H,5-8,14H2. The van der Waals surface area contributed by atoms with E-state index in [2.05, 4.69) is 12.1 Å². The number of nitrogens with two attached hydrogens (primary N) is 1. The lowest BCUT2D eigenvalue weighted by Crippen LogP contribution is -2.40. The van der Waals surface area contributed by atoms with Crippen LogP contribution < -0.4 is 5.73 Å². The third kappa shape index (κ3) is 3.39. The van der Waals surface area contributed by atoms with Crippen molar-refractivity contribution in [3.05, 3.63) is 34.9 Å². The second-order valence-corrected chi connectivity index (χ2v) is 5.67. The lowest BCUT2D eigenvalue weighted by molar-refractivity contribution is 0.0916. The van der Waals surface area contributed by atoms with E-state index in [1.807, 2.05) is 23.9 Å². The van der Waals surface area contributed by atoms with Crippen molar-refractivity contribution in [3.8, 4) is 0 Å². The Balaban J connectivity index is 1.84. The van der Waals surface area contributed by atoms with E-state index in [4.69, 9.17) is 22.1 Å². The van der Waals surface area contributed by atoms with Crippen LogP contribution in [0.25, 0.3) is 0 Å². The second kappa shape index (κ2) is 5.92. The number of hydrogen-bond acceptors (Lipinski definition) is 3. The number of rotatable bonds is 3. The van der Waals surface area contributed by atoms with Crippen LogP contribution in [-0.4, -0.2) is 24.5 Å². The van der Waals surface area contributed by atoms with Crippen molar-refractivity contribution in [1.29, 1.82) is 0 Å². The Kier molecular flexibility index (Phi) is 4.53. The number of ether oxygens (including phenoxy) is 1. The van der Waals surface area contributed by atoms with Crippen LogP contribution in [0.2, 0.25) is 5.02 Å². The molecule has 2 unspecified atom stereocenters. The van der Waals surface area contributed by atoms with Gasteiger partial charge in [-0.3, -0.25) is 0 Å². The molecule has 1 aliphatic heterocycles. The Labute approximate surface area is 105 Å². The Hall–Kier alpha value is -0.220. The third-order valence-electron chi connectivity index (χ3n) is 2.73. The van der Waals surface area contributed by atoms with Crippen molar-refractivity contribution in [1.82, 2.24) is 0 Å². The first-order valence-corrected chi connectivity index (χ1v) is 6.88. The van der Waals surface area contributed by atoms with Crippen molar-refractivity contribution in [2.45, 2.75) is 23.5 Å². The lowest BCUT2D eigenvalue weighted by Gasteiger charge is -2.28. The zero-order valence-corrected chi connectivity index (χ0v) is 10.6. The first-order chi connectivity index (χ1) is 7.75. The second-order valence-electron chi connectivity index (χ2n) is 4.00. The molecule has 2 N–H and O–H groups in total. The molecule has 16 heavy (non-hydrogen) atoms. The largest absolute Gasteiger partial charge is 0.380 e. The molecule has 0 aromatic heterocycles. The maximum absolute atomic E-state index is 6.05. The average molecular weight is 258 g/mol. The van der Waals surface area contributed by atoms with E-state index in [1.165, 1.54) is 5.56 Å². The molecule has 2 atom stereocenters. The summed E-state index contributed by atoms with van der Waals surface area (Å²) >= 11 is 7.71. The van der Waals surface area contributed by atoms with Gasteiger partial charge < -0.3 is 10.5 Å². The molecule has 0 aliphatic carbocycles. The van der Waals surface area contributed by atoms with Crippen molar-refractivity contribution in [2.24, 2.45) is 5.73 Å². The van der Waals surface area contributed by atoms with Crippen LogP contribution in [0, 0.1) is 0 Å². The molecule has 1 heterocycles. The summed E-state index contributed by atoms with van der Waals surface area (Å²) in [4.78, 5) is 0. The highest BCUT2D eigenvalue weighted by atomic mass is 35.5. The zero-order valence-electron chi connectivity index (χ0n) is 9.06. The number of hydrogen-bond donors (Lipinski definition) is 1. The molecule has 1 aromatic rings. The fraction of sp³-hybridized carbons (Fsp3) is 0.500. The van der Waals surface area contributed by atoms with E-state index >= 15 is 0 Å². The van der Waals surface area contributed by atoms with Crippen LogP contribution in [0.3, 0.4) is 0 Å². The van der Waals surface area contributed by atoms with Gasteiger partial charge in [0.1, 0.15) is 0 Å². The van der Waals surface area contributed by atoms with Crippen LogP contribution in [-0.2, 0) is 10.5 Å². The molecule has 88 valence electrons. The quantitative estimate of drug-likeness (QED) is 0.904. The molecule has 0 bridgehead atoms. The van der Waals surface area contributed by atoms with E-state index in [-0.39, 0.29) is 6.04 Å². The Morgan fingerprint density at radius 3 is 2.81 bits per heavy atom. The maximum Gasteiger partial charge on any atom is 0.0600 e. The zero-order chi connectivity index (χ0) is 11.4. The monoisotopic (exact) mass is 257 g/mol. The summed E-state index contributed by atoms with van der Waals surface area (Å²) in [6.45, 7) is 1.58. The highest BCUT2D eigenvalue weighted by Crippen LogP contribution is 2.24. The van der Waals surface area contributed by atoms with Crippen molar-refractivity contribution < 1.29 is 4.74 Å². The van der Waals surface area contributed by atoms with Gasteiger partial charge in [-0.2, -0.15) is 0 Å². The van der Waals surface area contributed by atoms with Crippen LogP contribution in [0.1, 0.15) is 12.0 Å². The normalized spacial score (nSPS) is 25.6. The highest BCUT2D eigenvalue weighted by molar-refractivity contribution is 7.99. The van der Waals surface area contributed by atoms with Gasteiger partial charge in [0, 0.05) is 28.7 Å². The summed E-state index contributed by atoms with van der Waals surface area (Å²) in [7, 11) is 0. The molecular formula is C12H16ClNOS. The molecule has 2 nitrogen and oxygen atoms in total. The van der Waals surface area contributed by atoms with Gasteiger partial charge in [0.15, 0.2) is 0 Å². The van der Waals surface area contributed by atoms with Crippen molar-refractivity contribution in [3.63, 3.8) is 0 Å². The van der Waals surface area contributed by atoms with Crippen LogP contribution in [0.15, 0.2) is 24.3 Å². The fourth-order valence-corrected chi connectivity index (χ4v) is 2.98. The minimum absolute atomic E-state index is 0.269. The Morgan fingerprint density at radius 2 is 2.12 bits per heavy atom. The van der Waals surface area contributed by atoms with E-state index < -0.39 is 0 Å². The van der Waals surface area contributed by atoms with Gasteiger partial charge in [-0.15, -0.1) is 11.8 Å². The van der Waals surface area contributed by atoms with Gasteiger partial charge in [0.05, 0.1) is 6.61 Å². The molecular weight excluding hydrogens is 242 g/mol. The lowest BCUT2D eigenvalue weighted by atomic mass is 10.1. The first kappa shape index (κ1) is 12.2. The fourth-order valence-electron chi connectivity index (χ4n) is 1.68. The average Bonchev–Trinajstić information content (AvgIpc) is 2.30. The molecule has 2 rings (SSSR count). The molecule has 1 aromatic carbocycles. The molecule has 0 amide bonds. The molecule has 1 aliphatic rings. The van der Waals surface area contributed by atoms with E-state index in [0.717, 1.165) is 30.4 Å². The first-order valence-electron chi connectivity index (χ1n) is 5.45. The highest BCUT2D eigenvalue weighted by Gasteiger charge is 2.22. The van der Waals surface area contributed by atoms with E-state index in [9.17, 15) is 0 Å². The summed E-state index contributed by atoms with van der Waals surface area (Å²) < 4.78 is 5.44. The Morgan fingerprint density at radius 1 is 1.38 bits per heavy atom. The maximum atomic E-state index is 6.05. The smallest absolute Gasteiger partial charge is 0.0600 e. The third-order valence-corrected chi connectivity index (χ3v) is 4.40. The van der Waals surface area contributed by atoms with Gasteiger partial charge in [-0.1, -0.05) is 23.7 Å². The van der Waals surface area contributed by atoms with Crippen LogP contribution >= 0.6 is 23.4 Å². The molecule has 0 radical (unpaired) electrons. The van der Waals surface area contributed by atoms with Gasteiger partial charge in [0.25, 0.3) is 0 Å². The molecule has 0 saturated carbocycles. The number of benzene rings is 1. The van der Waals surface area contributed by atoms with Gasteiger partial charge in [0.2, 0.25) is 0 Å². The van der Waals surface area contributed by atoms with Crippen molar-refractivity contribution >= 4 is 23.4 Å². The SMILES string of the molecule is NC1CCOCC1SCc1ccc(Cl)cc1. The molecule has 1 saturated heterocycles. The van der Waals surface area contributed by atoms with Gasteiger partial charge in [-0.05, 0) is 24.1 Å². The van der Waals surface area contributed by atoms with Crippen molar-refractivity contribution in [2.75, 3.05) is 13.2 Å². The van der Waals surface area contributed by atoms with E-state index in [0.29, 0.717) is 5.25 Å². The summed E-state index contributed by atoms with van der Waals surface area (Å²) in [6, 6.07) is 8.24. The topological polar surface area (TPSA) is 35.2 Å². The summed E-state index contributed by atoms with van der Waals surface area (Å²) in [6.07, 6.45) is 0.971. The van der Waals surface area contributed by atoms with Crippen LogP contribution in [0.5, 0.6) is 0 Å².